The van der Waals surface area contributed by atoms with E-state index in [4.69, 9.17) is 9.47 Å². The largest absolute Gasteiger partial charge is 0.496 e. The second kappa shape index (κ2) is 7.54. The van der Waals surface area contributed by atoms with E-state index in [0.717, 1.165) is 4.90 Å². The molecule has 0 N–H and O–H groups in total. The minimum absolute atomic E-state index is 0.0783. The molecule has 2 aliphatic rings. The molecule has 0 radical (unpaired) electrons. The molecule has 0 aliphatic carbocycles. The van der Waals surface area contributed by atoms with E-state index in [1.165, 1.54) is 43.5 Å². The van der Waals surface area contributed by atoms with Crippen molar-refractivity contribution >= 4 is 23.5 Å². The molecule has 2 aromatic carbocycles. The SMILES string of the molecule is COC(=O)c1ccc(OC)c(CN2N=N[C@@H]3C(=O)N(c4ccc(F)cc4)C(=O)[C@@H]32)c1. The zero-order valence-corrected chi connectivity index (χ0v) is 16.1. The van der Waals surface area contributed by atoms with E-state index in [9.17, 15) is 18.8 Å². The number of nitrogens with zero attached hydrogens (tertiary/aromatic N) is 4. The molecular weight excluding hydrogens is 395 g/mol. The smallest absolute Gasteiger partial charge is 0.337 e. The monoisotopic (exact) mass is 412 g/mol. The van der Waals surface area contributed by atoms with Gasteiger partial charge in [0.15, 0.2) is 12.1 Å². The lowest BCUT2D eigenvalue weighted by Crippen LogP contribution is -2.39. The van der Waals surface area contributed by atoms with E-state index in [1.807, 2.05) is 0 Å². The van der Waals surface area contributed by atoms with Crippen LogP contribution in [0.1, 0.15) is 15.9 Å². The highest BCUT2D eigenvalue weighted by molar-refractivity contribution is 6.25. The van der Waals surface area contributed by atoms with Gasteiger partial charge in [-0.25, -0.2) is 14.1 Å². The summed E-state index contributed by atoms with van der Waals surface area (Å²) in [5.41, 5.74) is 1.14. The van der Waals surface area contributed by atoms with Crippen molar-refractivity contribution in [3.63, 3.8) is 0 Å². The maximum atomic E-state index is 13.2. The molecule has 2 amide bonds. The zero-order valence-electron chi connectivity index (χ0n) is 16.1. The van der Waals surface area contributed by atoms with Crippen molar-refractivity contribution in [2.24, 2.45) is 10.3 Å². The van der Waals surface area contributed by atoms with Gasteiger partial charge in [0.1, 0.15) is 11.6 Å². The molecule has 2 heterocycles. The number of hydrogen-bond acceptors (Lipinski definition) is 8. The maximum Gasteiger partial charge on any atom is 0.337 e. The zero-order chi connectivity index (χ0) is 21.4. The summed E-state index contributed by atoms with van der Waals surface area (Å²) in [5.74, 6) is -1.55. The number of amides is 2. The number of imide groups is 1. The first-order valence-electron chi connectivity index (χ1n) is 9.00. The van der Waals surface area contributed by atoms with Crippen LogP contribution in [0.25, 0.3) is 0 Å². The Morgan fingerprint density at radius 2 is 1.83 bits per heavy atom. The Bertz CT molecular complexity index is 1060. The van der Waals surface area contributed by atoms with E-state index >= 15 is 0 Å². The van der Waals surface area contributed by atoms with Crippen molar-refractivity contribution in [1.29, 1.82) is 0 Å². The van der Waals surface area contributed by atoms with Crippen molar-refractivity contribution in [3.05, 3.63) is 59.4 Å². The molecular formula is C20H17FN4O5. The van der Waals surface area contributed by atoms with Crippen LogP contribution in [0.3, 0.4) is 0 Å². The summed E-state index contributed by atoms with van der Waals surface area (Å²) in [7, 11) is 2.75. The first-order chi connectivity index (χ1) is 14.4. The molecule has 4 rings (SSSR count). The van der Waals surface area contributed by atoms with Crippen LogP contribution in [-0.2, 0) is 20.9 Å². The number of anilines is 1. The number of rotatable bonds is 5. The number of hydrogen-bond donors (Lipinski definition) is 0. The number of benzene rings is 2. The van der Waals surface area contributed by atoms with Gasteiger partial charge in [-0.2, -0.15) is 5.11 Å². The van der Waals surface area contributed by atoms with Gasteiger partial charge in [-0.3, -0.25) is 14.6 Å². The van der Waals surface area contributed by atoms with E-state index in [0.29, 0.717) is 16.9 Å². The number of carbonyl (C=O) groups is 3. The van der Waals surface area contributed by atoms with Crippen LogP contribution in [0, 0.1) is 5.82 Å². The highest BCUT2D eigenvalue weighted by atomic mass is 19.1. The van der Waals surface area contributed by atoms with Crippen LogP contribution in [-0.4, -0.2) is 49.1 Å². The van der Waals surface area contributed by atoms with E-state index in [1.54, 1.807) is 18.2 Å². The summed E-state index contributed by atoms with van der Waals surface area (Å²) in [4.78, 5) is 38.6. The molecule has 0 spiro atoms. The molecule has 0 saturated carbocycles. The van der Waals surface area contributed by atoms with Crippen LogP contribution in [0.4, 0.5) is 10.1 Å². The minimum atomic E-state index is -0.989. The van der Waals surface area contributed by atoms with E-state index in [2.05, 4.69) is 10.3 Å². The van der Waals surface area contributed by atoms with Gasteiger partial charge in [-0.15, -0.1) is 0 Å². The van der Waals surface area contributed by atoms with Crippen molar-refractivity contribution in [3.8, 4) is 5.75 Å². The average Bonchev–Trinajstić information content (AvgIpc) is 3.28. The normalized spacial score (nSPS) is 20.0. The summed E-state index contributed by atoms with van der Waals surface area (Å²) < 4.78 is 23.3. The predicted molar refractivity (Wildman–Crippen MR) is 101 cm³/mol. The first-order valence-corrected chi connectivity index (χ1v) is 9.00. The number of halogens is 1. The Hall–Kier alpha value is -3.82. The fourth-order valence-electron chi connectivity index (χ4n) is 3.52. The molecule has 2 atom stereocenters. The van der Waals surface area contributed by atoms with Crippen LogP contribution in [0.2, 0.25) is 0 Å². The molecule has 9 nitrogen and oxygen atoms in total. The van der Waals surface area contributed by atoms with E-state index in [-0.39, 0.29) is 12.2 Å². The van der Waals surface area contributed by atoms with Gasteiger partial charge in [0, 0.05) is 5.56 Å². The number of methoxy groups -OCH3 is 2. The molecule has 154 valence electrons. The fourth-order valence-corrected chi connectivity index (χ4v) is 3.52. The molecule has 0 unspecified atom stereocenters. The van der Waals surface area contributed by atoms with Gasteiger partial charge >= 0.3 is 5.97 Å². The van der Waals surface area contributed by atoms with Crippen molar-refractivity contribution in [1.82, 2.24) is 5.01 Å². The Balaban J connectivity index is 1.62. The van der Waals surface area contributed by atoms with Gasteiger partial charge in [0.25, 0.3) is 11.8 Å². The third-order valence-electron chi connectivity index (χ3n) is 4.98. The Labute approximate surface area is 170 Å². The summed E-state index contributed by atoms with van der Waals surface area (Å²) >= 11 is 0. The standard InChI is InChI=1S/C20H17FN4O5/c1-29-15-8-3-11(20(28)30-2)9-12(15)10-24-17-16(22-23-24)18(26)25(19(17)27)14-6-4-13(21)5-7-14/h3-9,16-17H,10H2,1-2H3/t16-,17+/m0/s1. The van der Waals surface area contributed by atoms with Crippen LogP contribution >= 0.6 is 0 Å². The lowest BCUT2D eigenvalue weighted by Gasteiger charge is -2.21. The third kappa shape index (κ3) is 3.15. The van der Waals surface area contributed by atoms with Crippen LogP contribution in [0.5, 0.6) is 5.75 Å². The lowest BCUT2D eigenvalue weighted by molar-refractivity contribution is -0.123. The van der Waals surface area contributed by atoms with Gasteiger partial charge < -0.3 is 9.47 Å². The molecule has 0 aromatic heterocycles. The third-order valence-corrected chi connectivity index (χ3v) is 4.98. The number of esters is 1. The van der Waals surface area contributed by atoms with Crippen LogP contribution in [0.15, 0.2) is 52.8 Å². The maximum absolute atomic E-state index is 13.2. The molecule has 1 saturated heterocycles. The topological polar surface area (TPSA) is 101 Å². The van der Waals surface area contributed by atoms with Gasteiger partial charge in [0.2, 0.25) is 0 Å². The molecule has 30 heavy (non-hydrogen) atoms. The van der Waals surface area contributed by atoms with Crippen molar-refractivity contribution in [2.75, 3.05) is 19.1 Å². The highest BCUT2D eigenvalue weighted by Crippen LogP contribution is 2.34. The number of carbonyl (C=O) groups excluding carboxylic acids is 3. The fraction of sp³-hybridized carbons (Fsp3) is 0.250. The predicted octanol–water partition coefficient (Wildman–Crippen LogP) is 2.11. The van der Waals surface area contributed by atoms with Crippen molar-refractivity contribution < 1.29 is 28.2 Å². The number of fused-ring (bicyclic) bond motifs is 1. The van der Waals surface area contributed by atoms with E-state index < -0.39 is 35.7 Å². The van der Waals surface area contributed by atoms with Crippen LogP contribution < -0.4 is 9.64 Å². The molecule has 1 fully saturated rings. The Morgan fingerprint density at radius 1 is 1.10 bits per heavy atom. The summed E-state index contributed by atoms with van der Waals surface area (Å²) in [6.45, 7) is 0.0783. The molecule has 2 aliphatic heterocycles. The molecule has 10 heteroatoms. The lowest BCUT2D eigenvalue weighted by atomic mass is 10.1. The Morgan fingerprint density at radius 3 is 2.50 bits per heavy atom. The Kier molecular flexibility index (Phi) is 4.90. The first kappa shape index (κ1) is 19.5. The highest BCUT2D eigenvalue weighted by Gasteiger charge is 2.54. The average molecular weight is 412 g/mol. The molecule has 2 aromatic rings. The quantitative estimate of drug-likeness (QED) is 0.551. The molecule has 0 bridgehead atoms. The van der Waals surface area contributed by atoms with Crippen molar-refractivity contribution in [2.45, 2.75) is 18.6 Å². The second-order valence-electron chi connectivity index (χ2n) is 6.70. The van der Waals surface area contributed by atoms with Gasteiger partial charge in [0.05, 0.1) is 32.0 Å². The second-order valence-corrected chi connectivity index (χ2v) is 6.70. The summed E-state index contributed by atoms with van der Waals surface area (Å²) in [6.07, 6.45) is 0. The number of ether oxygens (including phenoxy) is 2. The van der Waals surface area contributed by atoms with Gasteiger partial charge in [-0.1, -0.05) is 5.22 Å². The van der Waals surface area contributed by atoms with Gasteiger partial charge in [-0.05, 0) is 42.5 Å². The summed E-state index contributed by atoms with van der Waals surface area (Å²) in [5, 5.41) is 9.33. The summed E-state index contributed by atoms with van der Waals surface area (Å²) in [6, 6.07) is 7.88. The minimum Gasteiger partial charge on any atom is -0.496 e.